The summed E-state index contributed by atoms with van der Waals surface area (Å²) < 4.78 is 16.0. The van der Waals surface area contributed by atoms with Gasteiger partial charge in [-0.3, -0.25) is 4.99 Å². The number of hydrogen-bond acceptors (Lipinski definition) is 5. The minimum Gasteiger partial charge on any atom is -0.465 e. The molecule has 0 spiro atoms. The number of nitrogens with one attached hydrogen (secondary N) is 2. The molecule has 0 saturated carbocycles. The van der Waals surface area contributed by atoms with Crippen LogP contribution >= 0.6 is 24.0 Å². The second-order valence-electron chi connectivity index (χ2n) is 5.86. The molecule has 1 unspecified atom stereocenters. The van der Waals surface area contributed by atoms with Crippen LogP contribution in [0.5, 0.6) is 0 Å². The Morgan fingerprint density at radius 3 is 2.79 bits per heavy atom. The van der Waals surface area contributed by atoms with Gasteiger partial charge in [0.1, 0.15) is 17.1 Å². The first-order valence-electron chi connectivity index (χ1n) is 7.73. The van der Waals surface area contributed by atoms with Gasteiger partial charge in [0, 0.05) is 20.2 Å². The number of methoxy groups -OCH3 is 1. The van der Waals surface area contributed by atoms with E-state index in [2.05, 4.69) is 22.5 Å². The Bertz CT molecular complexity index is 580. The van der Waals surface area contributed by atoms with Crippen molar-refractivity contribution in [2.24, 2.45) is 4.99 Å². The molecule has 8 heteroatoms. The second-order valence-corrected chi connectivity index (χ2v) is 5.86. The Labute approximate surface area is 159 Å². The van der Waals surface area contributed by atoms with Crippen molar-refractivity contribution >= 4 is 35.9 Å². The highest BCUT2D eigenvalue weighted by molar-refractivity contribution is 14.0. The number of aliphatic imine (C=N–C) groups is 1. The molecule has 2 rings (SSSR count). The van der Waals surface area contributed by atoms with E-state index >= 15 is 0 Å². The summed E-state index contributed by atoms with van der Waals surface area (Å²) in [4.78, 5) is 15.8. The first-order valence-corrected chi connectivity index (χ1v) is 7.73. The fourth-order valence-electron chi connectivity index (χ4n) is 2.58. The molecule has 0 aliphatic carbocycles. The van der Waals surface area contributed by atoms with Gasteiger partial charge in [-0.25, -0.2) is 4.79 Å². The number of guanidine groups is 1. The zero-order chi connectivity index (χ0) is 16.9. The van der Waals surface area contributed by atoms with E-state index in [1.54, 1.807) is 20.0 Å². The van der Waals surface area contributed by atoms with Crippen LogP contribution in [-0.2, 0) is 16.0 Å². The van der Waals surface area contributed by atoms with Gasteiger partial charge in [0.25, 0.3) is 0 Å². The Balaban J connectivity index is 0.00000288. The third-order valence-corrected chi connectivity index (χ3v) is 3.96. The number of esters is 1. The number of carbonyl (C=O) groups is 1. The minimum absolute atomic E-state index is 0. The van der Waals surface area contributed by atoms with Crippen molar-refractivity contribution in [3.63, 3.8) is 0 Å². The molecule has 1 saturated heterocycles. The zero-order valence-corrected chi connectivity index (χ0v) is 16.9. The van der Waals surface area contributed by atoms with Crippen LogP contribution in [-0.4, -0.2) is 44.8 Å². The predicted octanol–water partition coefficient (Wildman–Crippen LogP) is 2.23. The standard InChI is InChI=1S/C16H25N3O4.HI/c1-11-13(14(20)21-4)8-12(23-11)9-18-15(17-3)19-10-16(2)6-5-7-22-16;/h8H,5-7,9-10H2,1-4H3,(H2,17,18,19);1H. The molecule has 2 N–H and O–H groups in total. The van der Waals surface area contributed by atoms with E-state index in [9.17, 15) is 4.79 Å². The third kappa shape index (κ3) is 5.37. The number of rotatable bonds is 5. The number of ether oxygens (including phenoxy) is 2. The molecular formula is C16H26IN3O4. The highest BCUT2D eigenvalue weighted by Gasteiger charge is 2.29. The third-order valence-electron chi connectivity index (χ3n) is 3.96. The molecule has 2 heterocycles. The Morgan fingerprint density at radius 1 is 1.46 bits per heavy atom. The van der Waals surface area contributed by atoms with Crippen molar-refractivity contribution in [3.05, 3.63) is 23.2 Å². The molecule has 0 aromatic carbocycles. The van der Waals surface area contributed by atoms with E-state index in [4.69, 9.17) is 13.9 Å². The lowest BCUT2D eigenvalue weighted by Gasteiger charge is -2.24. The van der Waals surface area contributed by atoms with Gasteiger partial charge in [-0.15, -0.1) is 24.0 Å². The van der Waals surface area contributed by atoms with Gasteiger partial charge in [0.2, 0.25) is 0 Å². The Kier molecular flexibility index (Phi) is 8.01. The van der Waals surface area contributed by atoms with Crippen LogP contribution in [0.4, 0.5) is 0 Å². The summed E-state index contributed by atoms with van der Waals surface area (Å²) >= 11 is 0. The Hall–Kier alpha value is -1.29. The van der Waals surface area contributed by atoms with Crippen molar-refractivity contribution in [3.8, 4) is 0 Å². The molecule has 0 amide bonds. The van der Waals surface area contributed by atoms with Gasteiger partial charge in [0.05, 0.1) is 19.3 Å². The molecule has 7 nitrogen and oxygen atoms in total. The van der Waals surface area contributed by atoms with Crippen LogP contribution < -0.4 is 10.6 Å². The molecular weight excluding hydrogens is 425 g/mol. The molecule has 1 atom stereocenters. The molecule has 1 aromatic heterocycles. The lowest BCUT2D eigenvalue weighted by molar-refractivity contribution is 0.0242. The van der Waals surface area contributed by atoms with E-state index in [1.165, 1.54) is 7.11 Å². The van der Waals surface area contributed by atoms with Gasteiger partial charge in [-0.2, -0.15) is 0 Å². The highest BCUT2D eigenvalue weighted by Crippen LogP contribution is 2.23. The van der Waals surface area contributed by atoms with Crippen LogP contribution in [0.2, 0.25) is 0 Å². The smallest absolute Gasteiger partial charge is 0.341 e. The Morgan fingerprint density at radius 2 is 2.21 bits per heavy atom. The van der Waals surface area contributed by atoms with E-state index in [1.807, 2.05) is 0 Å². The first-order chi connectivity index (χ1) is 11.0. The van der Waals surface area contributed by atoms with Crippen molar-refractivity contribution in [1.29, 1.82) is 0 Å². The molecule has 0 radical (unpaired) electrons. The van der Waals surface area contributed by atoms with E-state index in [0.29, 0.717) is 36.1 Å². The van der Waals surface area contributed by atoms with Crippen molar-refractivity contribution in [2.45, 2.75) is 38.8 Å². The topological polar surface area (TPSA) is 85.1 Å². The number of carbonyl (C=O) groups excluding carboxylic acids is 1. The maximum atomic E-state index is 11.6. The SMILES string of the molecule is CN=C(NCc1cc(C(=O)OC)c(C)o1)NCC1(C)CCCO1.I. The number of hydrogen-bond donors (Lipinski definition) is 2. The van der Waals surface area contributed by atoms with Gasteiger partial charge >= 0.3 is 5.97 Å². The fraction of sp³-hybridized carbons (Fsp3) is 0.625. The maximum absolute atomic E-state index is 11.6. The zero-order valence-electron chi connectivity index (χ0n) is 14.6. The number of nitrogens with zero attached hydrogens (tertiary/aromatic N) is 1. The average molecular weight is 451 g/mol. The summed E-state index contributed by atoms with van der Waals surface area (Å²) in [5.74, 6) is 1.46. The summed E-state index contributed by atoms with van der Waals surface area (Å²) in [6.07, 6.45) is 2.13. The number of furan rings is 1. The normalized spacial score (nSPS) is 20.4. The highest BCUT2D eigenvalue weighted by atomic mass is 127. The monoisotopic (exact) mass is 451 g/mol. The van der Waals surface area contributed by atoms with Crippen molar-refractivity contribution in [1.82, 2.24) is 10.6 Å². The van der Waals surface area contributed by atoms with Crippen LogP contribution in [0.15, 0.2) is 15.5 Å². The largest absolute Gasteiger partial charge is 0.465 e. The molecule has 1 fully saturated rings. The van der Waals surface area contributed by atoms with Crippen molar-refractivity contribution in [2.75, 3.05) is 27.3 Å². The van der Waals surface area contributed by atoms with Crippen LogP contribution in [0.25, 0.3) is 0 Å². The molecule has 1 aliphatic rings. The number of halogens is 1. The van der Waals surface area contributed by atoms with Crippen LogP contribution in [0.1, 0.15) is 41.6 Å². The average Bonchev–Trinajstić information content (AvgIpc) is 3.13. The number of aryl methyl sites for hydroxylation is 1. The molecule has 1 aliphatic heterocycles. The van der Waals surface area contributed by atoms with Gasteiger partial charge in [-0.05, 0) is 32.8 Å². The van der Waals surface area contributed by atoms with Gasteiger partial charge in [-0.1, -0.05) is 0 Å². The van der Waals surface area contributed by atoms with Crippen LogP contribution in [0, 0.1) is 6.92 Å². The molecule has 136 valence electrons. The van der Waals surface area contributed by atoms with E-state index in [-0.39, 0.29) is 29.6 Å². The first kappa shape index (κ1) is 20.8. The van der Waals surface area contributed by atoms with E-state index in [0.717, 1.165) is 19.4 Å². The maximum Gasteiger partial charge on any atom is 0.341 e. The van der Waals surface area contributed by atoms with Gasteiger partial charge < -0.3 is 24.5 Å². The lowest BCUT2D eigenvalue weighted by Crippen LogP contribution is -2.45. The molecule has 1 aromatic rings. The van der Waals surface area contributed by atoms with E-state index < -0.39 is 5.97 Å². The molecule has 24 heavy (non-hydrogen) atoms. The molecule has 0 bridgehead atoms. The van der Waals surface area contributed by atoms with Crippen molar-refractivity contribution < 1.29 is 18.7 Å². The minimum atomic E-state index is -0.397. The predicted molar refractivity (Wildman–Crippen MR) is 102 cm³/mol. The summed E-state index contributed by atoms with van der Waals surface area (Å²) in [7, 11) is 3.06. The second kappa shape index (κ2) is 9.26. The summed E-state index contributed by atoms with van der Waals surface area (Å²) in [5.41, 5.74) is 0.302. The summed E-state index contributed by atoms with van der Waals surface area (Å²) in [5, 5.41) is 6.42. The quantitative estimate of drug-likeness (QED) is 0.309. The summed E-state index contributed by atoms with van der Waals surface area (Å²) in [6.45, 7) is 5.76. The lowest BCUT2D eigenvalue weighted by atomic mass is 10.0. The van der Waals surface area contributed by atoms with Gasteiger partial charge in [0.15, 0.2) is 5.96 Å². The fourth-order valence-corrected chi connectivity index (χ4v) is 2.58. The van der Waals surface area contributed by atoms with Crippen LogP contribution in [0.3, 0.4) is 0 Å². The summed E-state index contributed by atoms with van der Waals surface area (Å²) in [6, 6.07) is 1.68.